The number of para-hydroxylation sites is 1. The summed E-state index contributed by atoms with van der Waals surface area (Å²) < 4.78 is 7.26. The number of furan rings is 1. The van der Waals surface area contributed by atoms with Crippen LogP contribution in [0.1, 0.15) is 44.3 Å². The molecule has 2 aromatic heterocycles. The Morgan fingerprint density at radius 1 is 1.21 bits per heavy atom. The molecule has 3 rings (SSSR count). The Bertz CT molecular complexity index is 853. The second-order valence-electron chi connectivity index (χ2n) is 5.98. The van der Waals surface area contributed by atoms with E-state index in [2.05, 4.69) is 19.2 Å². The Kier molecular flexibility index (Phi) is 5.11. The highest BCUT2D eigenvalue weighted by atomic mass is 16.3. The van der Waals surface area contributed by atoms with E-state index in [0.29, 0.717) is 11.9 Å². The van der Waals surface area contributed by atoms with Crippen LogP contribution in [0.25, 0.3) is 10.9 Å². The molecule has 0 radical (unpaired) electrons. The van der Waals surface area contributed by atoms with Crippen molar-refractivity contribution in [1.82, 2.24) is 9.55 Å². The second-order valence-corrected chi connectivity index (χ2v) is 5.98. The Balaban J connectivity index is 2.01. The molecule has 1 atom stereocenters. The van der Waals surface area contributed by atoms with Crippen molar-refractivity contribution in [1.29, 1.82) is 0 Å². The maximum Gasteiger partial charge on any atom is 0.261 e. The van der Waals surface area contributed by atoms with Gasteiger partial charge >= 0.3 is 0 Å². The summed E-state index contributed by atoms with van der Waals surface area (Å²) in [6.07, 6.45) is 3.49. The first-order valence-electron chi connectivity index (χ1n) is 8.59. The van der Waals surface area contributed by atoms with E-state index in [1.807, 2.05) is 41.0 Å². The quantitative estimate of drug-likeness (QED) is 0.726. The molecule has 2 heterocycles. The Labute approximate surface area is 141 Å². The minimum absolute atomic E-state index is 0.0577. The number of nitrogens with two attached hydrogens (primary N) is 1. The van der Waals surface area contributed by atoms with Crippen LogP contribution in [0.5, 0.6) is 0 Å². The largest absolute Gasteiger partial charge is 0.463 e. The highest BCUT2D eigenvalue weighted by Gasteiger charge is 2.21. The van der Waals surface area contributed by atoms with Gasteiger partial charge < -0.3 is 9.73 Å². The SMILES string of the molecule is CCCn1c([C@H](CC)[NH2+]Cc2ccco2)nc2ccccc2c1=O. The lowest BCUT2D eigenvalue weighted by Gasteiger charge is -2.18. The smallest absolute Gasteiger partial charge is 0.261 e. The number of aromatic nitrogens is 2. The maximum absolute atomic E-state index is 12.9. The fourth-order valence-corrected chi connectivity index (χ4v) is 3.05. The first-order valence-corrected chi connectivity index (χ1v) is 8.59. The van der Waals surface area contributed by atoms with Crippen molar-refractivity contribution in [3.05, 3.63) is 64.6 Å². The van der Waals surface area contributed by atoms with E-state index >= 15 is 0 Å². The summed E-state index contributed by atoms with van der Waals surface area (Å²) in [6, 6.07) is 11.6. The molecule has 0 unspecified atom stereocenters. The Morgan fingerprint density at radius 2 is 2.04 bits per heavy atom. The van der Waals surface area contributed by atoms with Crippen LogP contribution in [0, 0.1) is 0 Å². The van der Waals surface area contributed by atoms with E-state index < -0.39 is 0 Å². The van der Waals surface area contributed by atoms with Crippen LogP contribution in [0.4, 0.5) is 0 Å². The third kappa shape index (κ3) is 3.26. The highest BCUT2D eigenvalue weighted by Crippen LogP contribution is 2.14. The summed E-state index contributed by atoms with van der Waals surface area (Å²) in [5.74, 6) is 1.79. The molecule has 0 amide bonds. The minimum Gasteiger partial charge on any atom is -0.463 e. The highest BCUT2D eigenvalue weighted by molar-refractivity contribution is 5.77. The van der Waals surface area contributed by atoms with Gasteiger partial charge in [-0.15, -0.1) is 0 Å². The Morgan fingerprint density at radius 3 is 2.75 bits per heavy atom. The summed E-state index contributed by atoms with van der Waals surface area (Å²) in [6.45, 7) is 5.64. The monoisotopic (exact) mass is 326 g/mol. The predicted molar refractivity (Wildman–Crippen MR) is 93.7 cm³/mol. The van der Waals surface area contributed by atoms with Crippen LogP contribution in [0.15, 0.2) is 51.9 Å². The van der Waals surface area contributed by atoms with Gasteiger partial charge in [-0.1, -0.05) is 26.0 Å². The molecule has 0 aliphatic carbocycles. The fraction of sp³-hybridized carbons (Fsp3) is 0.368. The van der Waals surface area contributed by atoms with Gasteiger partial charge in [0.05, 0.1) is 17.2 Å². The number of benzene rings is 1. The topological polar surface area (TPSA) is 64.6 Å². The third-order valence-electron chi connectivity index (χ3n) is 4.29. The molecule has 5 heteroatoms. The summed E-state index contributed by atoms with van der Waals surface area (Å²) >= 11 is 0. The van der Waals surface area contributed by atoms with Gasteiger partial charge in [0.15, 0.2) is 11.6 Å². The molecule has 2 N–H and O–H groups in total. The fourth-order valence-electron chi connectivity index (χ4n) is 3.05. The van der Waals surface area contributed by atoms with Gasteiger partial charge in [0, 0.05) is 13.0 Å². The van der Waals surface area contributed by atoms with E-state index in [4.69, 9.17) is 9.40 Å². The predicted octanol–water partition coefficient (Wildman–Crippen LogP) is 2.61. The average Bonchev–Trinajstić information content (AvgIpc) is 3.12. The number of hydrogen-bond donors (Lipinski definition) is 1. The van der Waals surface area contributed by atoms with Gasteiger partial charge in [-0.25, -0.2) is 4.98 Å². The average molecular weight is 326 g/mol. The molecular weight excluding hydrogens is 302 g/mol. The molecule has 1 aromatic carbocycles. The molecule has 0 saturated carbocycles. The van der Waals surface area contributed by atoms with Crippen molar-refractivity contribution in [2.24, 2.45) is 0 Å². The molecule has 0 aliphatic rings. The molecule has 5 nitrogen and oxygen atoms in total. The van der Waals surface area contributed by atoms with Gasteiger partial charge in [-0.3, -0.25) is 9.36 Å². The summed E-state index contributed by atoms with van der Waals surface area (Å²) in [5, 5.41) is 2.89. The molecule has 0 bridgehead atoms. The maximum atomic E-state index is 12.9. The van der Waals surface area contributed by atoms with Crippen molar-refractivity contribution >= 4 is 10.9 Å². The van der Waals surface area contributed by atoms with E-state index in [1.165, 1.54) is 0 Å². The third-order valence-corrected chi connectivity index (χ3v) is 4.29. The van der Waals surface area contributed by atoms with Gasteiger partial charge in [-0.05, 0) is 30.7 Å². The van der Waals surface area contributed by atoms with Crippen LogP contribution in [-0.2, 0) is 13.1 Å². The van der Waals surface area contributed by atoms with Crippen LogP contribution < -0.4 is 10.9 Å². The van der Waals surface area contributed by atoms with Crippen molar-refractivity contribution in [3.63, 3.8) is 0 Å². The zero-order valence-corrected chi connectivity index (χ0v) is 14.2. The van der Waals surface area contributed by atoms with Gasteiger partial charge in [0.25, 0.3) is 5.56 Å². The van der Waals surface area contributed by atoms with Crippen molar-refractivity contribution in [2.45, 2.75) is 45.8 Å². The molecule has 0 saturated heterocycles. The summed E-state index contributed by atoms with van der Waals surface area (Å²) in [4.78, 5) is 17.7. The number of nitrogens with zero attached hydrogens (tertiary/aromatic N) is 2. The first kappa shape index (κ1) is 16.5. The zero-order valence-electron chi connectivity index (χ0n) is 14.2. The summed E-state index contributed by atoms with van der Waals surface area (Å²) in [5.41, 5.74) is 0.831. The number of hydrogen-bond acceptors (Lipinski definition) is 3. The normalized spacial score (nSPS) is 12.6. The number of rotatable bonds is 7. The Hall–Kier alpha value is -2.40. The molecular formula is C19H24N3O2+. The molecule has 0 fully saturated rings. The lowest BCUT2D eigenvalue weighted by molar-refractivity contribution is -0.714. The molecule has 0 aliphatic heterocycles. The molecule has 3 aromatic rings. The van der Waals surface area contributed by atoms with E-state index in [9.17, 15) is 4.79 Å². The van der Waals surface area contributed by atoms with Crippen LogP contribution >= 0.6 is 0 Å². The lowest BCUT2D eigenvalue weighted by Crippen LogP contribution is -2.84. The first-order chi connectivity index (χ1) is 11.7. The van der Waals surface area contributed by atoms with Crippen LogP contribution in [0.2, 0.25) is 0 Å². The molecule has 24 heavy (non-hydrogen) atoms. The number of quaternary nitrogens is 1. The van der Waals surface area contributed by atoms with Crippen LogP contribution in [0.3, 0.4) is 0 Å². The lowest BCUT2D eigenvalue weighted by atomic mass is 10.1. The van der Waals surface area contributed by atoms with Crippen molar-refractivity contribution < 1.29 is 9.73 Å². The minimum atomic E-state index is 0.0577. The zero-order chi connectivity index (χ0) is 16.9. The van der Waals surface area contributed by atoms with Gasteiger partial charge in [0.2, 0.25) is 0 Å². The van der Waals surface area contributed by atoms with Gasteiger partial charge in [0.1, 0.15) is 12.6 Å². The van der Waals surface area contributed by atoms with Gasteiger partial charge in [-0.2, -0.15) is 0 Å². The van der Waals surface area contributed by atoms with E-state index in [-0.39, 0.29) is 11.6 Å². The second kappa shape index (κ2) is 7.45. The van der Waals surface area contributed by atoms with Crippen molar-refractivity contribution in [3.8, 4) is 0 Å². The standard InChI is InChI=1S/C19H23N3O2/c1-3-11-22-18(16(4-2)20-13-14-8-7-12-24-14)21-17-10-6-5-9-15(17)19(22)23/h5-10,12,16,20H,3-4,11,13H2,1-2H3/p+1/t16-/m0/s1. The molecule has 126 valence electrons. The molecule has 0 spiro atoms. The summed E-state index contributed by atoms with van der Waals surface area (Å²) in [7, 11) is 0. The van der Waals surface area contributed by atoms with Crippen LogP contribution in [-0.4, -0.2) is 9.55 Å². The number of fused-ring (bicyclic) bond motifs is 1. The van der Waals surface area contributed by atoms with E-state index in [1.54, 1.807) is 6.26 Å². The van der Waals surface area contributed by atoms with E-state index in [0.717, 1.165) is 36.5 Å². The van der Waals surface area contributed by atoms with Crippen molar-refractivity contribution in [2.75, 3.05) is 0 Å².